The lowest BCUT2D eigenvalue weighted by molar-refractivity contribution is 0.102. The molecule has 0 aliphatic rings. The van der Waals surface area contributed by atoms with Crippen LogP contribution in [0, 0.1) is 5.82 Å². The molecular formula is C28H29FN6O2. The quantitative estimate of drug-likeness (QED) is 0.285. The Kier molecular flexibility index (Phi) is 7.45. The van der Waals surface area contributed by atoms with E-state index in [0.29, 0.717) is 29.2 Å². The van der Waals surface area contributed by atoms with Crippen LogP contribution in [0.4, 0.5) is 21.6 Å². The molecule has 0 aliphatic heterocycles. The number of hydrogen-bond donors (Lipinski definition) is 4. The zero-order chi connectivity index (χ0) is 26.6. The van der Waals surface area contributed by atoms with Crippen LogP contribution in [0.3, 0.4) is 0 Å². The molecule has 0 aliphatic carbocycles. The number of pyridine rings is 1. The minimum atomic E-state index is -0.586. The van der Waals surface area contributed by atoms with Gasteiger partial charge in [0.25, 0.3) is 11.5 Å². The fraction of sp³-hybridized carbons (Fsp3) is 0.214. The number of amides is 1. The van der Waals surface area contributed by atoms with Crippen molar-refractivity contribution in [3.8, 4) is 11.3 Å². The summed E-state index contributed by atoms with van der Waals surface area (Å²) in [6.07, 6.45) is 1.71. The maximum absolute atomic E-state index is 14.6. The molecule has 8 nitrogen and oxygen atoms in total. The number of hydrogen-bond acceptors (Lipinski definition) is 6. The van der Waals surface area contributed by atoms with Crippen LogP contribution in [0.2, 0.25) is 0 Å². The minimum absolute atomic E-state index is 0.00620. The first-order valence-corrected chi connectivity index (χ1v) is 11.8. The first kappa shape index (κ1) is 25.7. The molecular weight excluding hydrogens is 471 g/mol. The molecule has 2 heterocycles. The van der Waals surface area contributed by atoms with Crippen molar-refractivity contribution in [3.05, 3.63) is 99.7 Å². The van der Waals surface area contributed by atoms with E-state index in [0.717, 1.165) is 11.1 Å². The van der Waals surface area contributed by atoms with Gasteiger partial charge in [0.05, 0.1) is 11.4 Å². The number of anilines is 3. The summed E-state index contributed by atoms with van der Waals surface area (Å²) in [5, 5.41) is 15.2. The van der Waals surface area contributed by atoms with Crippen molar-refractivity contribution in [3.63, 3.8) is 0 Å². The van der Waals surface area contributed by atoms with E-state index < -0.39 is 17.3 Å². The summed E-state index contributed by atoms with van der Waals surface area (Å²) >= 11 is 0. The number of halogens is 1. The highest BCUT2D eigenvalue weighted by Crippen LogP contribution is 2.26. The molecule has 0 radical (unpaired) electrons. The third-order valence-corrected chi connectivity index (χ3v) is 5.80. The first-order chi connectivity index (χ1) is 17.6. The van der Waals surface area contributed by atoms with Crippen molar-refractivity contribution in [1.82, 2.24) is 20.5 Å². The van der Waals surface area contributed by atoms with Crippen LogP contribution in [0.15, 0.2) is 71.7 Å². The molecule has 0 spiro atoms. The number of benzene rings is 2. The molecule has 2 aromatic carbocycles. The van der Waals surface area contributed by atoms with Gasteiger partial charge in [-0.2, -0.15) is 5.10 Å². The van der Waals surface area contributed by atoms with E-state index in [9.17, 15) is 14.0 Å². The predicted molar refractivity (Wildman–Crippen MR) is 144 cm³/mol. The highest BCUT2D eigenvalue weighted by molar-refractivity contribution is 6.04. The number of aromatic amines is 1. The molecule has 37 heavy (non-hydrogen) atoms. The summed E-state index contributed by atoms with van der Waals surface area (Å²) in [6, 6.07) is 16.7. The van der Waals surface area contributed by atoms with Crippen LogP contribution in [0.1, 0.15) is 42.3 Å². The van der Waals surface area contributed by atoms with Crippen LogP contribution >= 0.6 is 0 Å². The Morgan fingerprint density at radius 2 is 1.76 bits per heavy atom. The smallest absolute Gasteiger partial charge is 0.287 e. The van der Waals surface area contributed by atoms with Gasteiger partial charge < -0.3 is 16.0 Å². The van der Waals surface area contributed by atoms with E-state index in [2.05, 4.69) is 51.9 Å². The van der Waals surface area contributed by atoms with Gasteiger partial charge >= 0.3 is 0 Å². The van der Waals surface area contributed by atoms with Crippen molar-refractivity contribution in [2.45, 2.75) is 32.7 Å². The molecule has 9 heteroatoms. The lowest BCUT2D eigenvalue weighted by Gasteiger charge is -2.19. The minimum Gasteiger partial charge on any atom is -0.336 e. The maximum Gasteiger partial charge on any atom is 0.287 e. The molecule has 0 bridgehead atoms. The van der Waals surface area contributed by atoms with E-state index in [1.807, 2.05) is 25.2 Å². The predicted octanol–water partition coefficient (Wildman–Crippen LogP) is 4.98. The van der Waals surface area contributed by atoms with E-state index in [1.165, 1.54) is 18.2 Å². The largest absolute Gasteiger partial charge is 0.336 e. The van der Waals surface area contributed by atoms with Crippen LogP contribution in [-0.2, 0) is 12.0 Å². The fourth-order valence-corrected chi connectivity index (χ4v) is 3.69. The molecule has 2 aromatic heterocycles. The standard InChI is InChI=1S/C28H29FN6O2/c1-28(2,3)20-9-6-18(7-10-20)26(36)33-23-13-19(8-11-21(23)29)22-14-24(27(37)35-34-22)32-25-12-5-17(15-30-4)16-31-25/h5-14,16,30H,15H2,1-4H3,(H,33,36)(H,35,37)(H,31,32,34). The topological polar surface area (TPSA) is 112 Å². The molecule has 1 amide bonds. The Morgan fingerprint density at radius 3 is 2.41 bits per heavy atom. The van der Waals surface area contributed by atoms with Gasteiger partial charge in [0.15, 0.2) is 0 Å². The average Bonchev–Trinajstić information content (AvgIpc) is 2.87. The number of rotatable bonds is 7. The summed E-state index contributed by atoms with van der Waals surface area (Å²) in [4.78, 5) is 29.5. The van der Waals surface area contributed by atoms with Gasteiger partial charge in [-0.05, 0) is 66.1 Å². The van der Waals surface area contributed by atoms with Crippen LogP contribution in [-0.4, -0.2) is 28.1 Å². The van der Waals surface area contributed by atoms with Gasteiger partial charge in [0, 0.05) is 23.9 Å². The summed E-state index contributed by atoms with van der Waals surface area (Å²) < 4.78 is 14.6. The van der Waals surface area contributed by atoms with Crippen LogP contribution in [0.25, 0.3) is 11.3 Å². The van der Waals surface area contributed by atoms with Gasteiger partial charge in [0.2, 0.25) is 0 Å². The number of nitrogens with zero attached hydrogens (tertiary/aromatic N) is 2. The lowest BCUT2D eigenvalue weighted by Crippen LogP contribution is -2.15. The van der Waals surface area contributed by atoms with E-state index >= 15 is 0 Å². The first-order valence-electron chi connectivity index (χ1n) is 11.8. The van der Waals surface area contributed by atoms with Crippen LogP contribution in [0.5, 0.6) is 0 Å². The summed E-state index contributed by atoms with van der Waals surface area (Å²) in [5.41, 5.74) is 3.17. The molecule has 4 aromatic rings. The van der Waals surface area contributed by atoms with Gasteiger partial charge in [-0.3, -0.25) is 9.59 Å². The van der Waals surface area contributed by atoms with Gasteiger partial charge in [-0.15, -0.1) is 0 Å². The molecule has 0 unspecified atom stereocenters. The van der Waals surface area contributed by atoms with E-state index in [1.54, 1.807) is 30.5 Å². The van der Waals surface area contributed by atoms with Gasteiger partial charge in [0.1, 0.15) is 17.3 Å². The maximum atomic E-state index is 14.6. The van der Waals surface area contributed by atoms with Crippen molar-refractivity contribution < 1.29 is 9.18 Å². The molecule has 0 saturated carbocycles. The Hall–Kier alpha value is -4.37. The number of H-pyrrole nitrogens is 1. The van der Waals surface area contributed by atoms with E-state index in [4.69, 9.17) is 0 Å². The number of carbonyl (C=O) groups excluding carboxylic acids is 1. The molecule has 4 rings (SSSR count). The zero-order valence-electron chi connectivity index (χ0n) is 21.1. The molecule has 190 valence electrons. The van der Waals surface area contributed by atoms with Crippen molar-refractivity contribution in [2.24, 2.45) is 0 Å². The molecule has 0 saturated heterocycles. The second-order valence-electron chi connectivity index (χ2n) is 9.68. The van der Waals surface area contributed by atoms with Crippen molar-refractivity contribution >= 4 is 23.1 Å². The third kappa shape index (κ3) is 6.25. The van der Waals surface area contributed by atoms with Gasteiger partial charge in [-0.1, -0.05) is 39.0 Å². The Morgan fingerprint density at radius 1 is 1.00 bits per heavy atom. The highest BCUT2D eigenvalue weighted by atomic mass is 19.1. The van der Waals surface area contributed by atoms with Crippen LogP contribution < -0.4 is 21.5 Å². The van der Waals surface area contributed by atoms with Crippen molar-refractivity contribution in [2.75, 3.05) is 17.7 Å². The summed E-state index contributed by atoms with van der Waals surface area (Å²) in [6.45, 7) is 6.95. The average molecular weight is 501 g/mol. The molecule has 0 fully saturated rings. The second-order valence-corrected chi connectivity index (χ2v) is 9.68. The monoisotopic (exact) mass is 500 g/mol. The van der Waals surface area contributed by atoms with Crippen molar-refractivity contribution in [1.29, 1.82) is 0 Å². The molecule has 4 N–H and O–H groups in total. The SMILES string of the molecule is CNCc1ccc(Nc2cc(-c3ccc(F)c(NC(=O)c4ccc(C(C)(C)C)cc4)c3)n[nH]c2=O)nc1. The Balaban J connectivity index is 1.55. The second kappa shape index (κ2) is 10.7. The summed E-state index contributed by atoms with van der Waals surface area (Å²) in [5.74, 6) is -0.523. The fourth-order valence-electron chi connectivity index (χ4n) is 3.69. The van der Waals surface area contributed by atoms with E-state index in [-0.39, 0.29) is 16.8 Å². The Bertz CT molecular complexity index is 1460. The number of aromatic nitrogens is 3. The number of carbonyl (C=O) groups is 1. The highest BCUT2D eigenvalue weighted by Gasteiger charge is 2.16. The van der Waals surface area contributed by atoms with Gasteiger partial charge in [-0.25, -0.2) is 14.5 Å². The normalized spacial score (nSPS) is 11.3. The zero-order valence-corrected chi connectivity index (χ0v) is 21.1. The molecule has 0 atom stereocenters. The Labute approximate surface area is 214 Å². The lowest BCUT2D eigenvalue weighted by atomic mass is 9.87. The third-order valence-electron chi connectivity index (χ3n) is 5.80. The summed E-state index contributed by atoms with van der Waals surface area (Å²) in [7, 11) is 1.85. The number of nitrogens with one attached hydrogen (secondary N) is 4.